The number of rotatable bonds is 4. The Labute approximate surface area is 128 Å². The van der Waals surface area contributed by atoms with Crippen molar-refractivity contribution >= 4 is 5.97 Å². The minimum absolute atomic E-state index is 0.381. The van der Waals surface area contributed by atoms with Crippen molar-refractivity contribution in [2.24, 2.45) is 0 Å². The van der Waals surface area contributed by atoms with E-state index in [0.29, 0.717) is 17.1 Å². The third-order valence-corrected chi connectivity index (χ3v) is 3.70. The van der Waals surface area contributed by atoms with Gasteiger partial charge in [-0.1, -0.05) is 12.1 Å². The van der Waals surface area contributed by atoms with Crippen LogP contribution in [0.25, 0.3) is 0 Å². The van der Waals surface area contributed by atoms with Crippen LogP contribution in [0.1, 0.15) is 27.6 Å². The first-order valence-corrected chi connectivity index (χ1v) is 6.78. The maximum atomic E-state index is 12.2. The van der Waals surface area contributed by atoms with Crippen LogP contribution >= 0.6 is 0 Å². The minimum atomic E-state index is -0.491. The van der Waals surface area contributed by atoms with Crippen LogP contribution in [0.5, 0.6) is 17.2 Å². The van der Waals surface area contributed by atoms with Gasteiger partial charge in [-0.3, -0.25) is 0 Å². The molecule has 5 heteroatoms. The van der Waals surface area contributed by atoms with E-state index in [1.807, 2.05) is 24.3 Å². The van der Waals surface area contributed by atoms with E-state index in [4.69, 9.17) is 18.9 Å². The maximum Gasteiger partial charge on any atom is 0.339 e. The predicted molar refractivity (Wildman–Crippen MR) is 79.8 cm³/mol. The lowest BCUT2D eigenvalue weighted by atomic mass is 9.98. The zero-order valence-corrected chi connectivity index (χ0v) is 12.6. The monoisotopic (exact) mass is 300 g/mol. The number of carbonyl (C=O) groups is 1. The van der Waals surface area contributed by atoms with E-state index in [-0.39, 0.29) is 5.97 Å². The van der Waals surface area contributed by atoms with Crippen molar-refractivity contribution < 1.29 is 23.7 Å². The first-order chi connectivity index (χ1) is 10.7. The van der Waals surface area contributed by atoms with Crippen LogP contribution in [0.15, 0.2) is 36.4 Å². The lowest BCUT2D eigenvalue weighted by molar-refractivity contribution is 0.0454. The smallest absolute Gasteiger partial charge is 0.339 e. The Morgan fingerprint density at radius 3 is 2.18 bits per heavy atom. The lowest BCUT2D eigenvalue weighted by Gasteiger charge is -2.15. The van der Waals surface area contributed by atoms with Crippen molar-refractivity contribution in [2.75, 3.05) is 21.3 Å². The third kappa shape index (κ3) is 2.24. The van der Waals surface area contributed by atoms with Crippen LogP contribution < -0.4 is 14.2 Å². The van der Waals surface area contributed by atoms with Gasteiger partial charge in [0.2, 0.25) is 0 Å². The average molecular weight is 300 g/mol. The second-order valence-electron chi connectivity index (χ2n) is 4.85. The fourth-order valence-electron chi connectivity index (χ4n) is 2.57. The highest BCUT2D eigenvalue weighted by molar-refractivity contribution is 5.96. The molecular weight excluding hydrogens is 284 g/mol. The van der Waals surface area contributed by atoms with Gasteiger partial charge in [-0.25, -0.2) is 4.79 Å². The van der Waals surface area contributed by atoms with Crippen molar-refractivity contribution in [1.29, 1.82) is 0 Å². The van der Waals surface area contributed by atoms with Gasteiger partial charge < -0.3 is 18.9 Å². The molecule has 0 N–H and O–H groups in total. The predicted octanol–water partition coefficient (Wildman–Crippen LogP) is 2.97. The molecule has 1 aliphatic rings. The van der Waals surface area contributed by atoms with Crippen molar-refractivity contribution in [1.82, 2.24) is 0 Å². The summed E-state index contributed by atoms with van der Waals surface area (Å²) in [6.07, 6.45) is -0.491. The summed E-state index contributed by atoms with van der Waals surface area (Å²) in [5.74, 6) is 1.49. The van der Waals surface area contributed by atoms with E-state index >= 15 is 0 Å². The van der Waals surface area contributed by atoms with Gasteiger partial charge in [-0.05, 0) is 23.8 Å². The fourth-order valence-corrected chi connectivity index (χ4v) is 2.57. The average Bonchev–Trinajstić information content (AvgIpc) is 2.91. The van der Waals surface area contributed by atoms with Crippen LogP contribution in [-0.2, 0) is 4.74 Å². The molecule has 0 spiro atoms. The largest absolute Gasteiger partial charge is 0.497 e. The molecule has 2 aromatic carbocycles. The van der Waals surface area contributed by atoms with Crippen molar-refractivity contribution in [3.63, 3.8) is 0 Å². The summed E-state index contributed by atoms with van der Waals surface area (Å²) < 4.78 is 21.3. The molecule has 3 rings (SSSR count). The van der Waals surface area contributed by atoms with E-state index in [1.165, 1.54) is 0 Å². The molecule has 0 aliphatic carbocycles. The number of methoxy groups -OCH3 is 3. The van der Waals surface area contributed by atoms with Crippen molar-refractivity contribution in [3.8, 4) is 17.2 Å². The number of esters is 1. The van der Waals surface area contributed by atoms with Gasteiger partial charge in [0.15, 0.2) is 6.10 Å². The Balaban J connectivity index is 2.09. The summed E-state index contributed by atoms with van der Waals surface area (Å²) in [5, 5.41) is 0. The van der Waals surface area contributed by atoms with Crippen LogP contribution in [0.4, 0.5) is 0 Å². The zero-order valence-electron chi connectivity index (χ0n) is 12.6. The standard InChI is InChI=1S/C17H16O5/c1-19-11-6-4-10(5-7-11)16-15-13(17(18)22-16)8-12(20-2)9-14(15)21-3/h4-9,16H,1-3H3/t16-/m0/s1. The molecule has 0 amide bonds. The number of carbonyl (C=O) groups excluding carboxylic acids is 1. The van der Waals surface area contributed by atoms with Crippen LogP contribution in [0.2, 0.25) is 0 Å². The fraction of sp³-hybridized carbons (Fsp3) is 0.235. The van der Waals surface area contributed by atoms with Gasteiger partial charge in [0.05, 0.1) is 32.5 Å². The molecule has 0 aromatic heterocycles. The second-order valence-corrected chi connectivity index (χ2v) is 4.85. The van der Waals surface area contributed by atoms with E-state index in [2.05, 4.69) is 0 Å². The highest BCUT2D eigenvalue weighted by atomic mass is 16.6. The second kappa shape index (κ2) is 5.60. The van der Waals surface area contributed by atoms with Crippen molar-refractivity contribution in [2.45, 2.75) is 6.10 Å². The molecule has 22 heavy (non-hydrogen) atoms. The summed E-state index contributed by atoms with van der Waals surface area (Å²) in [6, 6.07) is 10.8. The van der Waals surface area contributed by atoms with E-state index in [1.54, 1.807) is 33.5 Å². The summed E-state index contributed by atoms with van der Waals surface area (Å²) in [7, 11) is 4.71. The molecule has 0 saturated carbocycles. The Bertz CT molecular complexity index is 706. The molecule has 0 bridgehead atoms. The Kier molecular flexibility index (Phi) is 3.63. The first kappa shape index (κ1) is 14.3. The van der Waals surface area contributed by atoms with Crippen molar-refractivity contribution in [3.05, 3.63) is 53.1 Å². The van der Waals surface area contributed by atoms with Crippen LogP contribution in [0.3, 0.4) is 0 Å². The maximum absolute atomic E-state index is 12.2. The van der Waals surface area contributed by atoms with E-state index in [0.717, 1.165) is 16.9 Å². The quantitative estimate of drug-likeness (QED) is 0.813. The van der Waals surface area contributed by atoms with Gasteiger partial charge >= 0.3 is 5.97 Å². The molecule has 0 saturated heterocycles. The number of benzene rings is 2. The topological polar surface area (TPSA) is 54.0 Å². The van der Waals surface area contributed by atoms with Gasteiger partial charge in [0.25, 0.3) is 0 Å². The first-order valence-electron chi connectivity index (χ1n) is 6.78. The highest BCUT2D eigenvalue weighted by Gasteiger charge is 2.36. The van der Waals surface area contributed by atoms with E-state index in [9.17, 15) is 4.79 Å². The van der Waals surface area contributed by atoms with Gasteiger partial charge in [0, 0.05) is 6.07 Å². The zero-order chi connectivity index (χ0) is 15.7. The Hall–Kier alpha value is -2.69. The molecule has 1 aliphatic heterocycles. The number of fused-ring (bicyclic) bond motifs is 1. The molecular formula is C17H16O5. The number of cyclic esters (lactones) is 1. The van der Waals surface area contributed by atoms with Gasteiger partial charge in [0.1, 0.15) is 17.2 Å². The summed E-state index contributed by atoms with van der Waals surface area (Å²) >= 11 is 0. The third-order valence-electron chi connectivity index (χ3n) is 3.70. The summed E-state index contributed by atoms with van der Waals surface area (Å²) in [5.41, 5.74) is 2.05. The SMILES string of the molecule is COc1ccc([C@@H]2OC(=O)c3cc(OC)cc(OC)c32)cc1. The normalized spacial score (nSPS) is 16.0. The van der Waals surface area contributed by atoms with Crippen LogP contribution in [-0.4, -0.2) is 27.3 Å². The number of hydrogen-bond acceptors (Lipinski definition) is 5. The van der Waals surface area contributed by atoms with Gasteiger partial charge in [-0.15, -0.1) is 0 Å². The Morgan fingerprint density at radius 1 is 0.909 bits per heavy atom. The molecule has 1 heterocycles. The number of hydrogen-bond donors (Lipinski definition) is 0. The molecule has 0 fully saturated rings. The highest BCUT2D eigenvalue weighted by Crippen LogP contribution is 2.43. The molecule has 2 aromatic rings. The lowest BCUT2D eigenvalue weighted by Crippen LogP contribution is -2.02. The molecule has 0 unspecified atom stereocenters. The van der Waals surface area contributed by atoms with E-state index < -0.39 is 6.10 Å². The number of ether oxygens (including phenoxy) is 4. The Morgan fingerprint density at radius 2 is 1.59 bits per heavy atom. The molecule has 0 radical (unpaired) electrons. The summed E-state index contributed by atoms with van der Waals surface area (Å²) in [6.45, 7) is 0. The van der Waals surface area contributed by atoms with Gasteiger partial charge in [-0.2, -0.15) is 0 Å². The molecule has 114 valence electrons. The minimum Gasteiger partial charge on any atom is -0.497 e. The molecule has 5 nitrogen and oxygen atoms in total. The molecule has 1 atom stereocenters. The van der Waals surface area contributed by atoms with Crippen LogP contribution in [0, 0.1) is 0 Å². The summed E-state index contributed by atoms with van der Waals surface area (Å²) in [4.78, 5) is 12.2.